The van der Waals surface area contributed by atoms with E-state index in [0.29, 0.717) is 29.3 Å². The van der Waals surface area contributed by atoms with Crippen LogP contribution in [0.2, 0.25) is 0 Å². The average molecular weight is 298 g/mol. The van der Waals surface area contributed by atoms with Crippen LogP contribution in [-0.4, -0.2) is 31.4 Å². The SMILES string of the molecule is Cc1ccc(C(O)CNc2nc(N)c3cnn(C)c3n2)cc1. The van der Waals surface area contributed by atoms with E-state index in [1.54, 1.807) is 17.9 Å². The number of hydrogen-bond donors (Lipinski definition) is 3. The van der Waals surface area contributed by atoms with E-state index in [2.05, 4.69) is 20.4 Å². The van der Waals surface area contributed by atoms with E-state index in [-0.39, 0.29) is 0 Å². The summed E-state index contributed by atoms with van der Waals surface area (Å²) in [6.07, 6.45) is 0.989. The Balaban J connectivity index is 1.76. The van der Waals surface area contributed by atoms with Crippen molar-refractivity contribution in [3.8, 4) is 0 Å². The summed E-state index contributed by atoms with van der Waals surface area (Å²) in [5.41, 5.74) is 8.54. The van der Waals surface area contributed by atoms with Crippen molar-refractivity contribution in [1.82, 2.24) is 19.7 Å². The molecule has 0 radical (unpaired) electrons. The van der Waals surface area contributed by atoms with Crippen LogP contribution in [0.3, 0.4) is 0 Å². The number of rotatable bonds is 4. The minimum Gasteiger partial charge on any atom is -0.387 e. The van der Waals surface area contributed by atoms with Crippen molar-refractivity contribution in [2.24, 2.45) is 7.05 Å². The number of anilines is 2. The number of benzene rings is 1. The minimum absolute atomic E-state index is 0.297. The molecular weight excluding hydrogens is 280 g/mol. The predicted molar refractivity (Wildman–Crippen MR) is 85.3 cm³/mol. The fourth-order valence-corrected chi connectivity index (χ4v) is 2.22. The summed E-state index contributed by atoms with van der Waals surface area (Å²) in [6.45, 7) is 2.31. The predicted octanol–water partition coefficient (Wildman–Crippen LogP) is 1.40. The Morgan fingerprint density at radius 2 is 2.00 bits per heavy atom. The standard InChI is InChI=1S/C15H18N6O/c1-9-3-5-10(6-4-9)12(22)8-17-15-19-13(16)11-7-18-21(2)14(11)20-15/h3-7,12,22H,8H2,1-2H3,(H3,16,17,19,20). The summed E-state index contributed by atoms with van der Waals surface area (Å²) in [5, 5.41) is 18.0. The number of fused-ring (bicyclic) bond motifs is 1. The lowest BCUT2D eigenvalue weighted by atomic mass is 10.1. The second kappa shape index (κ2) is 5.61. The van der Waals surface area contributed by atoms with Crippen molar-refractivity contribution in [2.75, 3.05) is 17.6 Å². The number of nitrogen functional groups attached to an aromatic ring is 1. The molecule has 0 bridgehead atoms. The highest BCUT2D eigenvalue weighted by Crippen LogP contribution is 2.19. The Hall–Kier alpha value is -2.67. The van der Waals surface area contributed by atoms with Gasteiger partial charge in [-0.1, -0.05) is 29.8 Å². The highest BCUT2D eigenvalue weighted by molar-refractivity contribution is 5.86. The number of nitrogens with two attached hydrogens (primary N) is 1. The summed E-state index contributed by atoms with van der Waals surface area (Å²) in [7, 11) is 1.79. The normalized spacial score (nSPS) is 12.5. The molecule has 0 aliphatic carbocycles. The van der Waals surface area contributed by atoms with Crippen LogP contribution in [-0.2, 0) is 7.05 Å². The van der Waals surface area contributed by atoms with Crippen LogP contribution in [0.15, 0.2) is 30.5 Å². The second-order valence-electron chi connectivity index (χ2n) is 5.25. The molecule has 1 atom stereocenters. The quantitative estimate of drug-likeness (QED) is 0.673. The summed E-state index contributed by atoms with van der Waals surface area (Å²) in [4.78, 5) is 8.55. The lowest BCUT2D eigenvalue weighted by molar-refractivity contribution is 0.191. The van der Waals surface area contributed by atoms with Gasteiger partial charge in [0.25, 0.3) is 0 Å². The Kier molecular flexibility index (Phi) is 3.64. The first-order valence-corrected chi connectivity index (χ1v) is 6.98. The van der Waals surface area contributed by atoms with E-state index in [9.17, 15) is 5.11 Å². The molecule has 0 amide bonds. The maximum absolute atomic E-state index is 10.2. The first-order valence-electron chi connectivity index (χ1n) is 6.98. The Morgan fingerprint density at radius 1 is 1.27 bits per heavy atom. The third kappa shape index (κ3) is 2.71. The Bertz CT molecular complexity index is 796. The van der Waals surface area contributed by atoms with Gasteiger partial charge in [-0.25, -0.2) is 0 Å². The van der Waals surface area contributed by atoms with Gasteiger partial charge in [-0.3, -0.25) is 4.68 Å². The van der Waals surface area contributed by atoms with Gasteiger partial charge in [0, 0.05) is 13.6 Å². The molecule has 0 aliphatic heterocycles. The molecule has 2 aromatic heterocycles. The van der Waals surface area contributed by atoms with Crippen LogP contribution in [0.25, 0.3) is 11.0 Å². The molecule has 2 heterocycles. The van der Waals surface area contributed by atoms with Gasteiger partial charge >= 0.3 is 0 Å². The maximum atomic E-state index is 10.2. The molecule has 0 aliphatic rings. The van der Waals surface area contributed by atoms with E-state index >= 15 is 0 Å². The number of aliphatic hydroxyl groups is 1. The Morgan fingerprint density at radius 3 is 2.73 bits per heavy atom. The largest absolute Gasteiger partial charge is 0.387 e. The molecule has 3 rings (SSSR count). The molecule has 22 heavy (non-hydrogen) atoms. The first kappa shape index (κ1) is 14.3. The van der Waals surface area contributed by atoms with E-state index in [4.69, 9.17) is 5.73 Å². The monoisotopic (exact) mass is 298 g/mol. The van der Waals surface area contributed by atoms with Crippen molar-refractivity contribution in [2.45, 2.75) is 13.0 Å². The molecule has 1 unspecified atom stereocenters. The van der Waals surface area contributed by atoms with Crippen LogP contribution < -0.4 is 11.1 Å². The lowest BCUT2D eigenvalue weighted by Crippen LogP contribution is -2.14. The van der Waals surface area contributed by atoms with Crippen LogP contribution in [0.4, 0.5) is 11.8 Å². The van der Waals surface area contributed by atoms with Gasteiger partial charge in [0.05, 0.1) is 17.7 Å². The number of aryl methyl sites for hydroxylation is 2. The van der Waals surface area contributed by atoms with Crippen molar-refractivity contribution < 1.29 is 5.11 Å². The highest BCUT2D eigenvalue weighted by atomic mass is 16.3. The van der Waals surface area contributed by atoms with E-state index in [1.165, 1.54) is 0 Å². The van der Waals surface area contributed by atoms with Gasteiger partial charge in [-0.15, -0.1) is 0 Å². The molecule has 0 saturated heterocycles. The van der Waals surface area contributed by atoms with Crippen molar-refractivity contribution in [3.05, 3.63) is 41.6 Å². The number of nitrogens with zero attached hydrogens (tertiary/aromatic N) is 4. The molecule has 0 spiro atoms. The molecule has 0 saturated carbocycles. The molecule has 1 aromatic carbocycles. The molecule has 7 nitrogen and oxygen atoms in total. The molecule has 0 fully saturated rings. The van der Waals surface area contributed by atoms with Crippen LogP contribution in [0, 0.1) is 6.92 Å². The topological polar surface area (TPSA) is 102 Å². The summed E-state index contributed by atoms with van der Waals surface area (Å²) in [6, 6.07) is 7.74. The van der Waals surface area contributed by atoms with Crippen LogP contribution >= 0.6 is 0 Å². The maximum Gasteiger partial charge on any atom is 0.226 e. The van der Waals surface area contributed by atoms with Gasteiger partial charge in [0.15, 0.2) is 5.65 Å². The van der Waals surface area contributed by atoms with Crippen molar-refractivity contribution in [3.63, 3.8) is 0 Å². The third-order valence-electron chi connectivity index (χ3n) is 3.54. The molecular formula is C15H18N6O. The minimum atomic E-state index is -0.646. The fraction of sp³-hybridized carbons (Fsp3) is 0.267. The van der Waals surface area contributed by atoms with Crippen LogP contribution in [0.1, 0.15) is 17.2 Å². The lowest BCUT2D eigenvalue weighted by Gasteiger charge is -2.13. The smallest absolute Gasteiger partial charge is 0.226 e. The van der Waals surface area contributed by atoms with Gasteiger partial charge in [-0.2, -0.15) is 15.1 Å². The highest BCUT2D eigenvalue weighted by Gasteiger charge is 2.11. The Labute approximate surface area is 127 Å². The molecule has 114 valence electrons. The van der Waals surface area contributed by atoms with Crippen LogP contribution in [0.5, 0.6) is 0 Å². The van der Waals surface area contributed by atoms with E-state index in [0.717, 1.165) is 11.1 Å². The van der Waals surface area contributed by atoms with E-state index < -0.39 is 6.10 Å². The number of hydrogen-bond acceptors (Lipinski definition) is 6. The number of nitrogens with one attached hydrogen (secondary N) is 1. The zero-order valence-electron chi connectivity index (χ0n) is 12.5. The first-order chi connectivity index (χ1) is 10.5. The second-order valence-corrected chi connectivity index (χ2v) is 5.25. The zero-order chi connectivity index (χ0) is 15.7. The summed E-state index contributed by atoms with van der Waals surface area (Å²) >= 11 is 0. The van der Waals surface area contributed by atoms with Gasteiger partial charge < -0.3 is 16.2 Å². The zero-order valence-corrected chi connectivity index (χ0v) is 12.5. The van der Waals surface area contributed by atoms with Crippen molar-refractivity contribution in [1.29, 1.82) is 0 Å². The molecule has 7 heteroatoms. The summed E-state index contributed by atoms with van der Waals surface area (Å²) in [5.74, 6) is 0.741. The van der Waals surface area contributed by atoms with Gasteiger partial charge in [0.1, 0.15) is 5.82 Å². The number of aliphatic hydroxyl groups excluding tert-OH is 1. The number of aromatic nitrogens is 4. The summed E-state index contributed by atoms with van der Waals surface area (Å²) < 4.78 is 1.63. The van der Waals surface area contributed by atoms with Crippen molar-refractivity contribution >= 4 is 22.8 Å². The third-order valence-corrected chi connectivity index (χ3v) is 3.54. The molecule has 4 N–H and O–H groups in total. The molecule has 3 aromatic rings. The average Bonchev–Trinajstić information content (AvgIpc) is 2.88. The van der Waals surface area contributed by atoms with E-state index in [1.807, 2.05) is 31.2 Å². The fourth-order valence-electron chi connectivity index (χ4n) is 2.22. The van der Waals surface area contributed by atoms with Gasteiger partial charge in [0.2, 0.25) is 5.95 Å². The van der Waals surface area contributed by atoms with Gasteiger partial charge in [-0.05, 0) is 12.5 Å².